The van der Waals surface area contributed by atoms with Crippen LogP contribution in [0.5, 0.6) is 5.75 Å². The van der Waals surface area contributed by atoms with Crippen molar-refractivity contribution >= 4 is 21.9 Å². The summed E-state index contributed by atoms with van der Waals surface area (Å²) in [6.07, 6.45) is 0. The van der Waals surface area contributed by atoms with Gasteiger partial charge in [-0.25, -0.2) is 4.79 Å². The lowest BCUT2D eigenvalue weighted by atomic mass is 10.2. The summed E-state index contributed by atoms with van der Waals surface area (Å²) in [5.74, 6) is 1.05. The normalized spacial score (nSPS) is 10.5. The van der Waals surface area contributed by atoms with E-state index in [2.05, 4.69) is 26.1 Å². The lowest BCUT2D eigenvalue weighted by molar-refractivity contribution is 0.0735. The van der Waals surface area contributed by atoms with Crippen molar-refractivity contribution in [3.05, 3.63) is 64.5 Å². The van der Waals surface area contributed by atoms with E-state index in [1.165, 1.54) is 0 Å². The molecule has 0 saturated heterocycles. The molecule has 1 heterocycles. The number of benzene rings is 2. The molecule has 0 amide bonds. The number of ether oxygens (including phenoxy) is 1. The number of hydrogen-bond acceptors (Lipinski definition) is 5. The molecule has 0 N–H and O–H groups in total. The fourth-order valence-electron chi connectivity index (χ4n) is 1.84. The molecule has 0 radical (unpaired) electrons. The molecule has 0 saturated carbocycles. The first-order valence-electron chi connectivity index (χ1n) is 6.50. The average Bonchev–Trinajstić information content (AvgIpc) is 2.95. The molecule has 2 aromatic carbocycles. The minimum Gasteiger partial charge on any atom is -0.423 e. The van der Waals surface area contributed by atoms with Gasteiger partial charge in [0.25, 0.3) is 0 Å². The molecule has 22 heavy (non-hydrogen) atoms. The molecule has 5 nitrogen and oxygen atoms in total. The van der Waals surface area contributed by atoms with Crippen LogP contribution in [0.15, 0.2) is 57.5 Å². The minimum absolute atomic E-state index is 0.407. The number of halogens is 1. The van der Waals surface area contributed by atoms with Gasteiger partial charge >= 0.3 is 5.97 Å². The average molecular weight is 359 g/mol. The van der Waals surface area contributed by atoms with Crippen LogP contribution in [0.4, 0.5) is 0 Å². The molecule has 0 aliphatic carbocycles. The van der Waals surface area contributed by atoms with Crippen molar-refractivity contribution in [1.82, 2.24) is 10.1 Å². The Hall–Kier alpha value is -2.47. The van der Waals surface area contributed by atoms with E-state index >= 15 is 0 Å². The maximum absolute atomic E-state index is 12.0. The summed E-state index contributed by atoms with van der Waals surface area (Å²) in [6, 6.07) is 13.9. The standard InChI is InChI=1S/C16H11BrN2O3/c1-10-18-15(19-22-10)11-4-8-14(9-5-11)21-16(20)12-2-6-13(17)7-3-12/h2-9H,1H3. The summed E-state index contributed by atoms with van der Waals surface area (Å²) >= 11 is 3.32. The van der Waals surface area contributed by atoms with E-state index in [0.717, 1.165) is 10.0 Å². The molecule has 0 aliphatic rings. The highest BCUT2D eigenvalue weighted by molar-refractivity contribution is 9.10. The molecule has 110 valence electrons. The van der Waals surface area contributed by atoms with Crippen LogP contribution in [0, 0.1) is 6.92 Å². The van der Waals surface area contributed by atoms with Gasteiger partial charge < -0.3 is 9.26 Å². The molecule has 6 heteroatoms. The van der Waals surface area contributed by atoms with Gasteiger partial charge in [-0.1, -0.05) is 21.1 Å². The zero-order valence-corrected chi connectivity index (χ0v) is 13.2. The molecule has 0 bridgehead atoms. The monoisotopic (exact) mass is 358 g/mol. The van der Waals surface area contributed by atoms with Crippen LogP contribution >= 0.6 is 15.9 Å². The molecule has 3 aromatic rings. The van der Waals surface area contributed by atoms with Crippen molar-refractivity contribution in [3.8, 4) is 17.1 Å². The zero-order chi connectivity index (χ0) is 15.5. The van der Waals surface area contributed by atoms with Gasteiger partial charge in [0.05, 0.1) is 5.56 Å². The Labute approximate surface area is 135 Å². The van der Waals surface area contributed by atoms with E-state index in [0.29, 0.717) is 23.0 Å². The Kier molecular flexibility index (Phi) is 4.02. The van der Waals surface area contributed by atoms with Gasteiger partial charge in [0, 0.05) is 17.0 Å². The number of aromatic nitrogens is 2. The van der Waals surface area contributed by atoms with Crippen molar-refractivity contribution < 1.29 is 14.1 Å². The highest BCUT2D eigenvalue weighted by Gasteiger charge is 2.10. The maximum Gasteiger partial charge on any atom is 0.343 e. The SMILES string of the molecule is Cc1nc(-c2ccc(OC(=O)c3ccc(Br)cc3)cc2)no1. The van der Waals surface area contributed by atoms with Crippen LogP contribution < -0.4 is 4.74 Å². The first-order valence-corrected chi connectivity index (χ1v) is 7.29. The number of carbonyl (C=O) groups is 1. The first kappa shape index (κ1) is 14.5. The van der Waals surface area contributed by atoms with Crippen molar-refractivity contribution in [3.63, 3.8) is 0 Å². The number of nitrogens with zero attached hydrogens (tertiary/aromatic N) is 2. The van der Waals surface area contributed by atoms with E-state index in [1.54, 1.807) is 55.5 Å². The summed E-state index contributed by atoms with van der Waals surface area (Å²) in [4.78, 5) is 16.1. The summed E-state index contributed by atoms with van der Waals surface area (Å²) in [6.45, 7) is 1.73. The molecular weight excluding hydrogens is 348 g/mol. The van der Waals surface area contributed by atoms with Crippen molar-refractivity contribution in [2.24, 2.45) is 0 Å². The van der Waals surface area contributed by atoms with Crippen LogP contribution in [0.1, 0.15) is 16.2 Å². The molecule has 3 rings (SSSR count). The lowest BCUT2D eigenvalue weighted by Crippen LogP contribution is -2.08. The predicted molar refractivity (Wildman–Crippen MR) is 83.6 cm³/mol. The summed E-state index contributed by atoms with van der Waals surface area (Å²) in [5.41, 5.74) is 1.28. The largest absolute Gasteiger partial charge is 0.423 e. The summed E-state index contributed by atoms with van der Waals surface area (Å²) in [7, 11) is 0. The smallest absolute Gasteiger partial charge is 0.343 e. The Balaban J connectivity index is 1.73. The Morgan fingerprint density at radius 1 is 1.09 bits per heavy atom. The van der Waals surface area contributed by atoms with Crippen LogP contribution in [0.2, 0.25) is 0 Å². The third kappa shape index (κ3) is 3.23. The molecule has 0 unspecified atom stereocenters. The van der Waals surface area contributed by atoms with Crippen LogP contribution in [0.25, 0.3) is 11.4 Å². The Morgan fingerprint density at radius 2 is 1.77 bits per heavy atom. The van der Waals surface area contributed by atoms with Gasteiger partial charge in [-0.2, -0.15) is 4.98 Å². The molecule has 0 spiro atoms. The Bertz CT molecular complexity index is 795. The van der Waals surface area contributed by atoms with Gasteiger partial charge in [0.15, 0.2) is 0 Å². The highest BCUT2D eigenvalue weighted by atomic mass is 79.9. The topological polar surface area (TPSA) is 65.2 Å². The lowest BCUT2D eigenvalue weighted by Gasteiger charge is -2.04. The summed E-state index contributed by atoms with van der Waals surface area (Å²) < 4.78 is 11.2. The van der Waals surface area contributed by atoms with E-state index in [4.69, 9.17) is 9.26 Å². The van der Waals surface area contributed by atoms with Crippen molar-refractivity contribution in [1.29, 1.82) is 0 Å². The second-order valence-corrected chi connectivity index (χ2v) is 5.47. The first-order chi connectivity index (χ1) is 10.6. The number of esters is 1. The van der Waals surface area contributed by atoms with Crippen molar-refractivity contribution in [2.45, 2.75) is 6.92 Å². The zero-order valence-electron chi connectivity index (χ0n) is 11.6. The number of hydrogen-bond donors (Lipinski definition) is 0. The maximum atomic E-state index is 12.0. The molecule has 0 fully saturated rings. The fourth-order valence-corrected chi connectivity index (χ4v) is 2.10. The Morgan fingerprint density at radius 3 is 2.36 bits per heavy atom. The number of rotatable bonds is 3. The molecule has 1 aromatic heterocycles. The van der Waals surface area contributed by atoms with Gasteiger partial charge in [-0.3, -0.25) is 0 Å². The minimum atomic E-state index is -0.407. The highest BCUT2D eigenvalue weighted by Crippen LogP contribution is 2.21. The summed E-state index contributed by atoms with van der Waals surface area (Å²) in [5, 5.41) is 3.83. The van der Waals surface area contributed by atoms with Gasteiger partial charge in [-0.15, -0.1) is 0 Å². The van der Waals surface area contributed by atoms with Gasteiger partial charge in [-0.05, 0) is 48.5 Å². The van der Waals surface area contributed by atoms with Crippen LogP contribution in [0.3, 0.4) is 0 Å². The van der Waals surface area contributed by atoms with Gasteiger partial charge in [0.1, 0.15) is 5.75 Å². The second-order valence-electron chi connectivity index (χ2n) is 4.56. The third-order valence-electron chi connectivity index (χ3n) is 2.93. The van der Waals surface area contributed by atoms with Crippen LogP contribution in [-0.4, -0.2) is 16.1 Å². The van der Waals surface area contributed by atoms with Crippen LogP contribution in [-0.2, 0) is 0 Å². The number of aryl methyl sites for hydroxylation is 1. The molecular formula is C16H11BrN2O3. The quantitative estimate of drug-likeness (QED) is 0.522. The van der Waals surface area contributed by atoms with E-state index in [1.807, 2.05) is 0 Å². The molecule has 0 aliphatic heterocycles. The predicted octanol–water partition coefficient (Wildman–Crippen LogP) is 4.03. The number of carbonyl (C=O) groups excluding carboxylic acids is 1. The van der Waals surface area contributed by atoms with E-state index in [9.17, 15) is 4.79 Å². The fraction of sp³-hybridized carbons (Fsp3) is 0.0625. The van der Waals surface area contributed by atoms with E-state index in [-0.39, 0.29) is 0 Å². The second kappa shape index (κ2) is 6.11. The molecule has 0 atom stereocenters. The van der Waals surface area contributed by atoms with Gasteiger partial charge in [0.2, 0.25) is 11.7 Å². The van der Waals surface area contributed by atoms with Crippen molar-refractivity contribution in [2.75, 3.05) is 0 Å². The van der Waals surface area contributed by atoms with E-state index < -0.39 is 5.97 Å². The third-order valence-corrected chi connectivity index (χ3v) is 3.46.